The molecule has 1 N–H and O–H groups in total. The van der Waals surface area contributed by atoms with E-state index in [2.05, 4.69) is 24.4 Å². The smallest absolute Gasteiger partial charge is 0.0412 e. The van der Waals surface area contributed by atoms with Gasteiger partial charge in [0.05, 0.1) is 0 Å². The minimum Gasteiger partial charge on any atom is -0.307 e. The largest absolute Gasteiger partial charge is 0.307 e. The molecule has 0 radical (unpaired) electrons. The van der Waals surface area contributed by atoms with Crippen LogP contribution in [0, 0.1) is 11.8 Å². The van der Waals surface area contributed by atoms with Gasteiger partial charge in [0.15, 0.2) is 0 Å². The molecule has 0 bridgehead atoms. The summed E-state index contributed by atoms with van der Waals surface area (Å²) in [7, 11) is 0. The van der Waals surface area contributed by atoms with E-state index in [1.807, 2.05) is 0 Å². The van der Waals surface area contributed by atoms with Crippen molar-refractivity contribution in [3.05, 3.63) is 0 Å². The molecule has 0 heterocycles. The van der Waals surface area contributed by atoms with Gasteiger partial charge in [0.2, 0.25) is 0 Å². The highest BCUT2D eigenvalue weighted by Gasteiger charge is 2.43. The minimum atomic E-state index is 0.534. The van der Waals surface area contributed by atoms with Crippen LogP contribution in [0.2, 0.25) is 0 Å². The Labute approximate surface area is 80.8 Å². The normalized spacial score (nSPS) is 36.9. The van der Waals surface area contributed by atoms with Crippen molar-refractivity contribution in [2.75, 3.05) is 0 Å². The first-order valence-corrected chi connectivity index (χ1v) is 5.63. The third-order valence-corrected chi connectivity index (χ3v) is 3.40. The Morgan fingerprint density at radius 1 is 1.62 bits per heavy atom. The number of nitrogens with zero attached hydrogens (tertiary/aromatic N) is 1. The summed E-state index contributed by atoms with van der Waals surface area (Å²) in [4.78, 5) is 0. The molecule has 0 spiro atoms. The van der Waals surface area contributed by atoms with Crippen LogP contribution in [-0.4, -0.2) is 11.8 Å². The van der Waals surface area contributed by atoms with Crippen LogP contribution in [0.25, 0.3) is 0 Å². The van der Waals surface area contributed by atoms with Crippen LogP contribution in [-0.2, 0) is 0 Å². The van der Waals surface area contributed by atoms with Gasteiger partial charge in [-0.05, 0) is 44.9 Å². The Morgan fingerprint density at radius 2 is 2.46 bits per heavy atom. The molecule has 2 nitrogen and oxygen atoms in total. The summed E-state index contributed by atoms with van der Waals surface area (Å²) >= 11 is 0. The predicted octanol–water partition coefficient (Wildman–Crippen LogP) is 2.55. The lowest BCUT2D eigenvalue weighted by Crippen LogP contribution is -2.23. The highest BCUT2D eigenvalue weighted by Crippen LogP contribution is 2.47. The standard InChI is InChI=1S/C11H20N2/c1-3-8(2)12-13-11-6-4-5-9-7-10(9)11/h8-10,12H,3-7H2,1-2H3/b13-11-/t8?,9-,10+/m0/s1. The van der Waals surface area contributed by atoms with Crippen molar-refractivity contribution in [2.24, 2.45) is 16.9 Å². The Morgan fingerprint density at radius 3 is 3.23 bits per heavy atom. The van der Waals surface area contributed by atoms with Gasteiger partial charge in [-0.1, -0.05) is 6.92 Å². The van der Waals surface area contributed by atoms with Crippen LogP contribution in [0.3, 0.4) is 0 Å². The average Bonchev–Trinajstić information content (AvgIpc) is 2.92. The molecule has 2 rings (SSSR count). The van der Waals surface area contributed by atoms with Crippen molar-refractivity contribution in [1.82, 2.24) is 5.43 Å². The van der Waals surface area contributed by atoms with E-state index in [1.54, 1.807) is 0 Å². The SMILES string of the molecule is CCC(C)N/N=C1/CCC[C@H]2C[C@@H]12. The fourth-order valence-corrected chi connectivity index (χ4v) is 2.13. The molecule has 0 saturated heterocycles. The Hall–Kier alpha value is -0.530. The molecule has 74 valence electrons. The number of hydrazone groups is 1. The van der Waals surface area contributed by atoms with Crippen molar-refractivity contribution in [3.8, 4) is 0 Å². The van der Waals surface area contributed by atoms with E-state index in [0.717, 1.165) is 18.3 Å². The molecule has 2 saturated carbocycles. The first-order valence-electron chi connectivity index (χ1n) is 5.63. The third kappa shape index (κ3) is 2.04. The number of fused-ring (bicyclic) bond motifs is 1. The van der Waals surface area contributed by atoms with Gasteiger partial charge < -0.3 is 5.43 Å². The quantitative estimate of drug-likeness (QED) is 0.663. The molecule has 3 atom stereocenters. The van der Waals surface area contributed by atoms with Gasteiger partial charge in [-0.25, -0.2) is 0 Å². The molecule has 2 heteroatoms. The second-order valence-electron chi connectivity index (χ2n) is 4.54. The van der Waals surface area contributed by atoms with Crippen LogP contribution in [0.5, 0.6) is 0 Å². The third-order valence-electron chi connectivity index (χ3n) is 3.40. The summed E-state index contributed by atoms with van der Waals surface area (Å²) in [5.74, 6) is 1.87. The summed E-state index contributed by atoms with van der Waals surface area (Å²) in [5.41, 5.74) is 4.70. The van der Waals surface area contributed by atoms with Gasteiger partial charge in [-0.15, -0.1) is 0 Å². The van der Waals surface area contributed by atoms with Crippen molar-refractivity contribution >= 4 is 5.71 Å². The van der Waals surface area contributed by atoms with Gasteiger partial charge in [-0.3, -0.25) is 0 Å². The van der Waals surface area contributed by atoms with E-state index >= 15 is 0 Å². The molecule has 2 fully saturated rings. The molecular weight excluding hydrogens is 160 g/mol. The predicted molar refractivity (Wildman–Crippen MR) is 55.8 cm³/mol. The van der Waals surface area contributed by atoms with E-state index in [0.29, 0.717) is 6.04 Å². The maximum atomic E-state index is 4.54. The zero-order valence-corrected chi connectivity index (χ0v) is 8.71. The van der Waals surface area contributed by atoms with Crippen molar-refractivity contribution in [3.63, 3.8) is 0 Å². The van der Waals surface area contributed by atoms with E-state index in [9.17, 15) is 0 Å². The molecule has 0 aromatic rings. The molecule has 2 aliphatic carbocycles. The van der Waals surface area contributed by atoms with Crippen LogP contribution in [0.1, 0.15) is 46.0 Å². The van der Waals surface area contributed by atoms with Crippen LogP contribution in [0.4, 0.5) is 0 Å². The molecule has 0 aromatic heterocycles. The van der Waals surface area contributed by atoms with Gasteiger partial charge in [0.1, 0.15) is 0 Å². The van der Waals surface area contributed by atoms with Crippen molar-refractivity contribution in [1.29, 1.82) is 0 Å². The number of nitrogens with one attached hydrogen (secondary N) is 1. The molecule has 1 unspecified atom stereocenters. The molecule has 0 amide bonds. The summed E-state index contributed by atoms with van der Waals surface area (Å²) in [6.07, 6.45) is 6.63. The van der Waals surface area contributed by atoms with E-state index in [1.165, 1.54) is 31.4 Å². The Balaban J connectivity index is 1.85. The summed E-state index contributed by atoms with van der Waals surface area (Å²) in [6, 6.07) is 0.534. The van der Waals surface area contributed by atoms with Gasteiger partial charge >= 0.3 is 0 Å². The topological polar surface area (TPSA) is 24.4 Å². The highest BCUT2D eigenvalue weighted by molar-refractivity contribution is 5.89. The zero-order chi connectivity index (χ0) is 9.26. The Kier molecular flexibility index (Phi) is 2.56. The maximum absolute atomic E-state index is 4.54. The minimum absolute atomic E-state index is 0.534. The van der Waals surface area contributed by atoms with Gasteiger partial charge in [-0.2, -0.15) is 5.10 Å². The zero-order valence-electron chi connectivity index (χ0n) is 8.71. The summed E-state index contributed by atoms with van der Waals surface area (Å²) in [5, 5.41) is 4.54. The second kappa shape index (κ2) is 3.69. The van der Waals surface area contributed by atoms with Crippen molar-refractivity contribution in [2.45, 2.75) is 52.0 Å². The van der Waals surface area contributed by atoms with Crippen molar-refractivity contribution < 1.29 is 0 Å². The van der Waals surface area contributed by atoms with E-state index < -0.39 is 0 Å². The van der Waals surface area contributed by atoms with E-state index in [-0.39, 0.29) is 0 Å². The molecule has 0 aliphatic heterocycles. The van der Waals surface area contributed by atoms with Crippen LogP contribution >= 0.6 is 0 Å². The summed E-state index contributed by atoms with van der Waals surface area (Å²) in [6.45, 7) is 4.38. The van der Waals surface area contributed by atoms with Crippen LogP contribution < -0.4 is 5.43 Å². The number of hydrogen-bond acceptors (Lipinski definition) is 2. The molecule has 0 aromatic carbocycles. The number of hydrogen-bond donors (Lipinski definition) is 1. The maximum Gasteiger partial charge on any atom is 0.0412 e. The fraction of sp³-hybridized carbons (Fsp3) is 0.909. The lowest BCUT2D eigenvalue weighted by molar-refractivity contribution is 0.546. The summed E-state index contributed by atoms with van der Waals surface area (Å²) < 4.78 is 0. The first-order chi connectivity index (χ1) is 6.31. The van der Waals surface area contributed by atoms with Gasteiger partial charge in [0.25, 0.3) is 0 Å². The van der Waals surface area contributed by atoms with Crippen LogP contribution in [0.15, 0.2) is 5.10 Å². The molecule has 13 heavy (non-hydrogen) atoms. The Bertz CT molecular complexity index is 210. The number of rotatable bonds is 3. The first kappa shape index (κ1) is 9.04. The highest BCUT2D eigenvalue weighted by atomic mass is 15.3. The van der Waals surface area contributed by atoms with E-state index in [4.69, 9.17) is 0 Å². The lowest BCUT2D eigenvalue weighted by Gasteiger charge is -2.14. The molecule has 2 aliphatic rings. The average molecular weight is 180 g/mol. The monoisotopic (exact) mass is 180 g/mol. The van der Waals surface area contributed by atoms with Gasteiger partial charge in [0, 0.05) is 17.7 Å². The molecular formula is C11H20N2. The second-order valence-corrected chi connectivity index (χ2v) is 4.54. The lowest BCUT2D eigenvalue weighted by atomic mass is 9.99. The fourth-order valence-electron chi connectivity index (χ4n) is 2.13.